The van der Waals surface area contributed by atoms with E-state index in [0.717, 1.165) is 17.1 Å². The standard InChI is InChI=1S/C14H17N5OS/c1-8-7-11(12(13(15)21)9(2)16-8)19-6-5-10(17-19)14(20)18(3)4/h5-7H,1-4H3,(H2,15,21). The third-order valence-corrected chi connectivity index (χ3v) is 3.22. The van der Waals surface area contributed by atoms with Crippen LogP contribution in [0, 0.1) is 13.8 Å². The molecule has 0 atom stereocenters. The van der Waals surface area contributed by atoms with Crippen molar-refractivity contribution in [2.24, 2.45) is 5.73 Å². The maximum Gasteiger partial charge on any atom is 0.273 e. The number of hydrogen-bond acceptors (Lipinski definition) is 4. The van der Waals surface area contributed by atoms with E-state index in [0.29, 0.717) is 11.3 Å². The Morgan fingerprint density at radius 2 is 2.05 bits per heavy atom. The van der Waals surface area contributed by atoms with Gasteiger partial charge in [0.15, 0.2) is 5.69 Å². The molecule has 1 amide bonds. The molecule has 21 heavy (non-hydrogen) atoms. The lowest BCUT2D eigenvalue weighted by Crippen LogP contribution is -2.22. The highest BCUT2D eigenvalue weighted by Gasteiger charge is 2.16. The normalized spacial score (nSPS) is 10.5. The molecule has 2 rings (SSSR count). The van der Waals surface area contributed by atoms with Crippen molar-refractivity contribution in [3.63, 3.8) is 0 Å². The molecular formula is C14H17N5OS. The van der Waals surface area contributed by atoms with Gasteiger partial charge in [-0.3, -0.25) is 9.78 Å². The zero-order chi connectivity index (χ0) is 15.7. The first-order valence-corrected chi connectivity index (χ1v) is 6.78. The van der Waals surface area contributed by atoms with Gasteiger partial charge in [-0.2, -0.15) is 5.10 Å². The van der Waals surface area contributed by atoms with Crippen LogP contribution in [-0.2, 0) is 0 Å². The Morgan fingerprint density at radius 3 is 2.62 bits per heavy atom. The number of nitrogens with two attached hydrogens (primary N) is 1. The average Bonchev–Trinajstić information content (AvgIpc) is 2.85. The third kappa shape index (κ3) is 2.92. The summed E-state index contributed by atoms with van der Waals surface area (Å²) in [4.78, 5) is 18.0. The average molecular weight is 303 g/mol. The van der Waals surface area contributed by atoms with Crippen LogP contribution in [0.1, 0.15) is 27.4 Å². The molecule has 0 spiro atoms. The van der Waals surface area contributed by atoms with Crippen LogP contribution < -0.4 is 5.73 Å². The molecular weight excluding hydrogens is 286 g/mol. The highest BCUT2D eigenvalue weighted by Crippen LogP contribution is 2.18. The van der Waals surface area contributed by atoms with Crippen molar-refractivity contribution in [1.29, 1.82) is 0 Å². The molecule has 0 aromatic carbocycles. The largest absolute Gasteiger partial charge is 0.389 e. The quantitative estimate of drug-likeness (QED) is 0.863. The van der Waals surface area contributed by atoms with Crippen LogP contribution in [-0.4, -0.2) is 44.7 Å². The summed E-state index contributed by atoms with van der Waals surface area (Å²) in [5.74, 6) is -0.159. The Balaban J connectivity index is 2.57. The second kappa shape index (κ2) is 5.61. The molecule has 0 aliphatic heterocycles. The second-order valence-corrected chi connectivity index (χ2v) is 5.39. The lowest BCUT2D eigenvalue weighted by molar-refractivity contribution is 0.0821. The van der Waals surface area contributed by atoms with Crippen molar-refractivity contribution < 1.29 is 4.79 Å². The maximum atomic E-state index is 11.9. The highest BCUT2D eigenvalue weighted by molar-refractivity contribution is 7.80. The van der Waals surface area contributed by atoms with Gasteiger partial charge in [0.25, 0.3) is 5.91 Å². The molecule has 0 saturated heterocycles. The minimum absolute atomic E-state index is 0.159. The van der Waals surface area contributed by atoms with E-state index in [4.69, 9.17) is 18.0 Å². The summed E-state index contributed by atoms with van der Waals surface area (Å²) >= 11 is 5.10. The van der Waals surface area contributed by atoms with Crippen molar-refractivity contribution in [2.45, 2.75) is 13.8 Å². The van der Waals surface area contributed by atoms with Crippen LogP contribution in [0.3, 0.4) is 0 Å². The van der Waals surface area contributed by atoms with E-state index in [2.05, 4.69) is 10.1 Å². The Labute approximate surface area is 128 Å². The molecule has 0 aliphatic carbocycles. The number of pyridine rings is 1. The summed E-state index contributed by atoms with van der Waals surface area (Å²) in [6.07, 6.45) is 1.72. The van der Waals surface area contributed by atoms with Crippen molar-refractivity contribution in [1.82, 2.24) is 19.7 Å². The van der Waals surface area contributed by atoms with Crippen LogP contribution in [0.25, 0.3) is 5.69 Å². The topological polar surface area (TPSA) is 77.0 Å². The van der Waals surface area contributed by atoms with Crippen LogP contribution >= 0.6 is 12.2 Å². The zero-order valence-corrected chi connectivity index (χ0v) is 13.2. The minimum Gasteiger partial charge on any atom is -0.389 e. The Morgan fingerprint density at radius 1 is 1.38 bits per heavy atom. The predicted octanol–water partition coefficient (Wildman–Crippen LogP) is 1.22. The van der Waals surface area contributed by atoms with E-state index < -0.39 is 0 Å². The lowest BCUT2D eigenvalue weighted by atomic mass is 10.1. The summed E-state index contributed by atoms with van der Waals surface area (Å²) in [7, 11) is 3.37. The molecule has 0 bridgehead atoms. The molecule has 2 heterocycles. The summed E-state index contributed by atoms with van der Waals surface area (Å²) in [5.41, 5.74) is 9.13. The first kappa shape index (κ1) is 15.1. The Bertz CT molecular complexity index is 720. The summed E-state index contributed by atoms with van der Waals surface area (Å²) < 4.78 is 1.60. The fourth-order valence-electron chi connectivity index (χ4n) is 2.09. The summed E-state index contributed by atoms with van der Waals surface area (Å²) in [6.45, 7) is 3.73. The number of rotatable bonds is 3. The fraction of sp³-hybridized carbons (Fsp3) is 0.286. The van der Waals surface area contributed by atoms with Gasteiger partial charge < -0.3 is 10.6 Å². The maximum absolute atomic E-state index is 11.9. The van der Waals surface area contributed by atoms with Crippen LogP contribution in [0.15, 0.2) is 18.3 Å². The number of thiocarbonyl (C=S) groups is 1. The molecule has 2 aromatic heterocycles. The van der Waals surface area contributed by atoms with Gasteiger partial charge in [0.05, 0.1) is 11.3 Å². The first-order valence-electron chi connectivity index (χ1n) is 6.37. The second-order valence-electron chi connectivity index (χ2n) is 4.95. The van der Waals surface area contributed by atoms with Gasteiger partial charge in [0.2, 0.25) is 0 Å². The number of aromatic nitrogens is 3. The van der Waals surface area contributed by atoms with Gasteiger partial charge in [-0.05, 0) is 26.0 Å². The van der Waals surface area contributed by atoms with E-state index in [1.165, 1.54) is 4.90 Å². The van der Waals surface area contributed by atoms with Crippen LogP contribution in [0.4, 0.5) is 0 Å². The van der Waals surface area contributed by atoms with Gasteiger partial charge in [-0.15, -0.1) is 0 Å². The van der Waals surface area contributed by atoms with Gasteiger partial charge in [-0.1, -0.05) is 12.2 Å². The number of carbonyl (C=O) groups is 1. The smallest absolute Gasteiger partial charge is 0.273 e. The first-order chi connectivity index (χ1) is 9.81. The monoisotopic (exact) mass is 303 g/mol. The number of amides is 1. The fourth-order valence-corrected chi connectivity index (χ4v) is 2.35. The van der Waals surface area contributed by atoms with E-state index in [1.807, 2.05) is 19.9 Å². The van der Waals surface area contributed by atoms with Gasteiger partial charge >= 0.3 is 0 Å². The van der Waals surface area contributed by atoms with Crippen LogP contribution in [0.5, 0.6) is 0 Å². The number of nitrogens with zero attached hydrogens (tertiary/aromatic N) is 4. The van der Waals surface area contributed by atoms with E-state index in [1.54, 1.807) is 31.0 Å². The van der Waals surface area contributed by atoms with E-state index in [-0.39, 0.29) is 10.9 Å². The molecule has 0 unspecified atom stereocenters. The molecule has 7 heteroatoms. The number of hydrogen-bond donors (Lipinski definition) is 1. The highest BCUT2D eigenvalue weighted by atomic mass is 32.1. The van der Waals surface area contributed by atoms with Crippen LogP contribution in [0.2, 0.25) is 0 Å². The van der Waals surface area contributed by atoms with E-state index in [9.17, 15) is 4.79 Å². The summed E-state index contributed by atoms with van der Waals surface area (Å²) in [6, 6.07) is 3.51. The molecule has 2 N–H and O–H groups in total. The van der Waals surface area contributed by atoms with Gasteiger partial charge in [0, 0.05) is 31.7 Å². The molecule has 110 valence electrons. The molecule has 0 saturated carbocycles. The predicted molar refractivity (Wildman–Crippen MR) is 84.7 cm³/mol. The van der Waals surface area contributed by atoms with Gasteiger partial charge in [0.1, 0.15) is 4.99 Å². The van der Waals surface area contributed by atoms with Crippen molar-refractivity contribution >= 4 is 23.1 Å². The van der Waals surface area contributed by atoms with Crippen molar-refractivity contribution in [2.75, 3.05) is 14.1 Å². The van der Waals surface area contributed by atoms with Crippen molar-refractivity contribution in [3.8, 4) is 5.69 Å². The lowest BCUT2D eigenvalue weighted by Gasteiger charge is -2.12. The van der Waals surface area contributed by atoms with E-state index >= 15 is 0 Å². The van der Waals surface area contributed by atoms with Crippen molar-refractivity contribution in [3.05, 3.63) is 41.0 Å². The SMILES string of the molecule is Cc1cc(-n2ccc(C(=O)N(C)C)n2)c(C(N)=S)c(C)n1. The Kier molecular flexibility index (Phi) is 4.04. The molecule has 0 aliphatic rings. The summed E-state index contributed by atoms with van der Waals surface area (Å²) in [5, 5.41) is 4.31. The molecule has 2 aromatic rings. The minimum atomic E-state index is -0.159. The molecule has 6 nitrogen and oxygen atoms in total. The third-order valence-electron chi connectivity index (χ3n) is 3.02. The molecule has 0 fully saturated rings. The van der Waals surface area contributed by atoms with Gasteiger partial charge in [-0.25, -0.2) is 4.68 Å². The molecule has 0 radical (unpaired) electrons. The Hall–Kier alpha value is -2.28. The number of carbonyl (C=O) groups excluding carboxylic acids is 1. The number of aryl methyl sites for hydroxylation is 2. The zero-order valence-electron chi connectivity index (χ0n) is 12.4.